The summed E-state index contributed by atoms with van der Waals surface area (Å²) in [7, 11) is 0. The number of primary amides is 2. The van der Waals surface area contributed by atoms with E-state index >= 15 is 0 Å². The van der Waals surface area contributed by atoms with Gasteiger partial charge in [0.05, 0.1) is 5.56 Å². The number of anilines is 1. The van der Waals surface area contributed by atoms with Gasteiger partial charge in [-0.25, -0.2) is 8.78 Å². The number of carbonyl (C=O) groups excluding carboxylic acids is 2. The molecule has 20 heavy (non-hydrogen) atoms. The zero-order valence-corrected chi connectivity index (χ0v) is 10.8. The molecule has 1 aromatic carbocycles. The number of rotatable bonds is 3. The van der Waals surface area contributed by atoms with Crippen molar-refractivity contribution in [1.82, 2.24) is 0 Å². The summed E-state index contributed by atoms with van der Waals surface area (Å²) in [6.45, 7) is 0. The number of nitrogen functional groups attached to an aromatic ring is 1. The fourth-order valence-electron chi connectivity index (χ4n) is 1.82. The number of halogens is 2. The number of hydrogen-bond donors (Lipinski definition) is 3. The van der Waals surface area contributed by atoms with E-state index in [9.17, 15) is 18.4 Å². The molecule has 104 valence electrons. The van der Waals surface area contributed by atoms with Gasteiger partial charge in [-0.3, -0.25) is 9.59 Å². The zero-order chi connectivity index (χ0) is 15.0. The van der Waals surface area contributed by atoms with Gasteiger partial charge >= 0.3 is 0 Å². The fraction of sp³-hybridized carbons (Fsp3) is 0. The lowest BCUT2D eigenvalue weighted by molar-refractivity contribution is 0.0999. The third-order valence-corrected chi connectivity index (χ3v) is 3.64. The Balaban J connectivity index is 2.83. The summed E-state index contributed by atoms with van der Waals surface area (Å²) in [4.78, 5) is 22.7. The normalized spacial score (nSPS) is 10.5. The van der Waals surface area contributed by atoms with Crippen molar-refractivity contribution >= 4 is 28.2 Å². The zero-order valence-electron chi connectivity index (χ0n) is 9.94. The summed E-state index contributed by atoms with van der Waals surface area (Å²) < 4.78 is 26.8. The third kappa shape index (κ3) is 2.21. The summed E-state index contributed by atoms with van der Waals surface area (Å²) >= 11 is 0.727. The van der Waals surface area contributed by atoms with Crippen molar-refractivity contribution in [2.75, 3.05) is 5.73 Å². The van der Waals surface area contributed by atoms with Gasteiger partial charge in [-0.1, -0.05) is 0 Å². The van der Waals surface area contributed by atoms with Gasteiger partial charge in [0.15, 0.2) is 0 Å². The smallest absolute Gasteiger partial charge is 0.259 e. The molecule has 2 amide bonds. The number of thiophene rings is 1. The Hall–Kier alpha value is -2.48. The molecular formula is C12H9F2N3O2S. The molecule has 0 aliphatic rings. The maximum Gasteiger partial charge on any atom is 0.259 e. The minimum absolute atomic E-state index is 0.0509. The van der Waals surface area contributed by atoms with Crippen LogP contribution in [0.3, 0.4) is 0 Å². The molecule has 0 aliphatic carbocycles. The molecule has 5 nitrogen and oxygen atoms in total. The summed E-state index contributed by atoms with van der Waals surface area (Å²) in [5.41, 5.74) is 15.5. The van der Waals surface area contributed by atoms with Crippen molar-refractivity contribution in [3.05, 3.63) is 40.3 Å². The van der Waals surface area contributed by atoms with Crippen LogP contribution in [0.2, 0.25) is 0 Å². The summed E-state index contributed by atoms with van der Waals surface area (Å²) in [5.74, 6) is -3.55. The maximum atomic E-state index is 13.9. The van der Waals surface area contributed by atoms with Crippen molar-refractivity contribution in [2.24, 2.45) is 11.5 Å². The Morgan fingerprint density at radius 2 is 1.75 bits per heavy atom. The van der Waals surface area contributed by atoms with Crippen molar-refractivity contribution in [2.45, 2.75) is 0 Å². The summed E-state index contributed by atoms with van der Waals surface area (Å²) in [5, 5.41) is -0.0509. The van der Waals surface area contributed by atoms with E-state index in [1.54, 1.807) is 0 Å². The molecular weight excluding hydrogens is 288 g/mol. The topological polar surface area (TPSA) is 112 Å². The standard InChI is InChI=1S/C12H9F2N3O2S/c13-4-1-2-5(6(14)3-4)7-8(10(15)18)12(17)20-9(7)11(16)19/h1-3H,17H2,(H2,15,18)(H2,16,19). The molecule has 0 atom stereocenters. The van der Waals surface area contributed by atoms with E-state index in [1.165, 1.54) is 0 Å². The lowest BCUT2D eigenvalue weighted by Gasteiger charge is -2.06. The van der Waals surface area contributed by atoms with Gasteiger partial charge in [0.2, 0.25) is 0 Å². The number of carbonyl (C=O) groups is 2. The first-order valence-electron chi connectivity index (χ1n) is 5.30. The quantitative estimate of drug-likeness (QED) is 0.797. The molecule has 0 unspecified atom stereocenters. The highest BCUT2D eigenvalue weighted by molar-refractivity contribution is 7.18. The summed E-state index contributed by atoms with van der Waals surface area (Å²) in [6, 6.07) is 2.70. The Morgan fingerprint density at radius 1 is 1.10 bits per heavy atom. The second-order valence-electron chi connectivity index (χ2n) is 3.90. The van der Waals surface area contributed by atoms with Crippen molar-refractivity contribution in [1.29, 1.82) is 0 Å². The van der Waals surface area contributed by atoms with Gasteiger partial charge in [-0.15, -0.1) is 11.3 Å². The van der Waals surface area contributed by atoms with E-state index in [4.69, 9.17) is 17.2 Å². The molecule has 2 aromatic rings. The highest BCUT2D eigenvalue weighted by Crippen LogP contribution is 2.39. The number of nitrogens with two attached hydrogens (primary N) is 3. The van der Waals surface area contributed by atoms with Gasteiger partial charge in [-0.05, 0) is 12.1 Å². The van der Waals surface area contributed by atoms with Gasteiger partial charge < -0.3 is 17.2 Å². The van der Waals surface area contributed by atoms with E-state index in [-0.39, 0.29) is 26.6 Å². The molecule has 0 radical (unpaired) electrons. The minimum atomic E-state index is -0.951. The van der Waals surface area contributed by atoms with E-state index in [2.05, 4.69) is 0 Å². The van der Waals surface area contributed by atoms with Crippen molar-refractivity contribution < 1.29 is 18.4 Å². The predicted molar refractivity (Wildman–Crippen MR) is 71.1 cm³/mol. The maximum absolute atomic E-state index is 13.9. The van der Waals surface area contributed by atoms with Crippen LogP contribution in [0.5, 0.6) is 0 Å². The summed E-state index contributed by atoms with van der Waals surface area (Å²) in [6.07, 6.45) is 0. The van der Waals surface area contributed by atoms with Gasteiger partial charge in [0.25, 0.3) is 11.8 Å². The highest BCUT2D eigenvalue weighted by Gasteiger charge is 2.26. The Kier molecular flexibility index (Phi) is 3.41. The Labute approximate surface area is 116 Å². The van der Waals surface area contributed by atoms with Gasteiger partial charge in [0.1, 0.15) is 21.5 Å². The van der Waals surface area contributed by atoms with E-state index in [1.807, 2.05) is 0 Å². The van der Waals surface area contributed by atoms with E-state index in [0.29, 0.717) is 6.07 Å². The lowest BCUT2D eigenvalue weighted by atomic mass is 10.00. The van der Waals surface area contributed by atoms with E-state index in [0.717, 1.165) is 23.5 Å². The van der Waals surface area contributed by atoms with Crippen LogP contribution in [-0.4, -0.2) is 11.8 Å². The first-order chi connectivity index (χ1) is 9.32. The monoisotopic (exact) mass is 297 g/mol. The molecule has 0 saturated heterocycles. The van der Waals surface area contributed by atoms with Crippen LogP contribution in [0.4, 0.5) is 13.8 Å². The largest absolute Gasteiger partial charge is 0.390 e. The molecule has 2 rings (SSSR count). The molecule has 0 spiro atoms. The van der Waals surface area contributed by atoms with Gasteiger partial charge in [0, 0.05) is 17.2 Å². The van der Waals surface area contributed by atoms with Crippen LogP contribution in [0.15, 0.2) is 18.2 Å². The fourth-order valence-corrected chi connectivity index (χ4v) is 2.76. The number of hydrogen-bond acceptors (Lipinski definition) is 4. The predicted octanol–water partition coefficient (Wildman–Crippen LogP) is 1.47. The third-order valence-electron chi connectivity index (χ3n) is 2.61. The van der Waals surface area contributed by atoms with Crippen LogP contribution in [0.25, 0.3) is 11.1 Å². The van der Waals surface area contributed by atoms with Crippen LogP contribution >= 0.6 is 11.3 Å². The molecule has 0 fully saturated rings. The highest BCUT2D eigenvalue weighted by atomic mass is 32.1. The Morgan fingerprint density at radius 3 is 2.25 bits per heavy atom. The van der Waals surface area contributed by atoms with Crippen LogP contribution in [0, 0.1) is 11.6 Å². The average Bonchev–Trinajstić information content (AvgIpc) is 2.67. The number of benzene rings is 1. The van der Waals surface area contributed by atoms with Crippen LogP contribution in [0.1, 0.15) is 20.0 Å². The first kappa shape index (κ1) is 13.9. The van der Waals surface area contributed by atoms with Crippen LogP contribution < -0.4 is 17.2 Å². The molecule has 0 saturated carbocycles. The second kappa shape index (κ2) is 4.89. The second-order valence-corrected chi connectivity index (χ2v) is 4.95. The molecule has 1 heterocycles. The average molecular weight is 297 g/mol. The lowest BCUT2D eigenvalue weighted by Crippen LogP contribution is -2.15. The molecule has 1 aromatic heterocycles. The minimum Gasteiger partial charge on any atom is -0.390 e. The van der Waals surface area contributed by atoms with Gasteiger partial charge in [-0.2, -0.15) is 0 Å². The number of amides is 2. The van der Waals surface area contributed by atoms with Crippen molar-refractivity contribution in [3.8, 4) is 11.1 Å². The van der Waals surface area contributed by atoms with Crippen molar-refractivity contribution in [3.63, 3.8) is 0 Å². The molecule has 6 N–H and O–H groups in total. The molecule has 0 aliphatic heterocycles. The Bertz CT molecular complexity index is 728. The molecule has 0 bridgehead atoms. The van der Waals surface area contributed by atoms with E-state index < -0.39 is 23.4 Å². The first-order valence-corrected chi connectivity index (χ1v) is 6.12. The van der Waals surface area contributed by atoms with Crippen LogP contribution in [-0.2, 0) is 0 Å². The molecule has 8 heteroatoms. The SMILES string of the molecule is NC(=O)c1sc(N)c(C(N)=O)c1-c1ccc(F)cc1F.